The highest BCUT2D eigenvalue weighted by molar-refractivity contribution is 5.44. The molecule has 2 aromatic heterocycles. The maximum Gasteiger partial charge on any atom is 0.137 e. The summed E-state index contributed by atoms with van der Waals surface area (Å²) in [5.74, 6) is 0.783. The molecule has 4 nitrogen and oxygen atoms in total. The van der Waals surface area contributed by atoms with E-state index in [2.05, 4.69) is 50.7 Å². The molecule has 1 aliphatic heterocycles. The van der Waals surface area contributed by atoms with Crippen LogP contribution in [-0.2, 0) is 13.0 Å². The van der Waals surface area contributed by atoms with Crippen LogP contribution >= 0.6 is 0 Å². The van der Waals surface area contributed by atoms with E-state index in [9.17, 15) is 0 Å². The van der Waals surface area contributed by atoms with Gasteiger partial charge in [-0.1, -0.05) is 30.3 Å². The molecule has 0 bridgehead atoms. The molecule has 0 amide bonds. The van der Waals surface area contributed by atoms with Crippen molar-refractivity contribution in [3.63, 3.8) is 0 Å². The fourth-order valence-electron chi connectivity index (χ4n) is 3.74. The summed E-state index contributed by atoms with van der Waals surface area (Å²) >= 11 is 0. The van der Waals surface area contributed by atoms with E-state index in [1.165, 1.54) is 24.8 Å². The molecule has 4 rings (SSSR count). The van der Waals surface area contributed by atoms with Gasteiger partial charge in [0.15, 0.2) is 0 Å². The molecule has 1 saturated heterocycles. The van der Waals surface area contributed by atoms with Crippen LogP contribution in [-0.4, -0.2) is 27.4 Å². The molecule has 3 heterocycles. The first kappa shape index (κ1) is 15.9. The fourth-order valence-corrected chi connectivity index (χ4v) is 3.74. The summed E-state index contributed by atoms with van der Waals surface area (Å²) in [7, 11) is 0. The van der Waals surface area contributed by atoms with Crippen molar-refractivity contribution >= 4 is 5.65 Å². The number of piperidine rings is 1. The first-order valence-corrected chi connectivity index (χ1v) is 8.94. The molecular formula is C21H22N4. The quantitative estimate of drug-likeness (QED) is 0.733. The lowest BCUT2D eigenvalue weighted by atomic mass is 9.90. The van der Waals surface area contributed by atoms with E-state index in [0.717, 1.165) is 36.9 Å². The number of likely N-dealkylation sites (tertiary alicyclic amines) is 1. The van der Waals surface area contributed by atoms with E-state index in [1.54, 1.807) is 0 Å². The minimum Gasteiger partial charge on any atom is -0.301 e. The maximum absolute atomic E-state index is 9.10. The van der Waals surface area contributed by atoms with E-state index in [-0.39, 0.29) is 0 Å². The van der Waals surface area contributed by atoms with E-state index in [4.69, 9.17) is 5.26 Å². The molecule has 0 N–H and O–H groups in total. The highest BCUT2D eigenvalue weighted by Gasteiger charge is 2.20. The average Bonchev–Trinajstić information content (AvgIpc) is 3.06. The van der Waals surface area contributed by atoms with Gasteiger partial charge in [0.25, 0.3) is 0 Å². The number of fused-ring (bicyclic) bond motifs is 1. The first-order chi connectivity index (χ1) is 12.3. The van der Waals surface area contributed by atoms with Gasteiger partial charge in [-0.2, -0.15) is 5.26 Å². The zero-order valence-electron chi connectivity index (χ0n) is 14.3. The summed E-state index contributed by atoms with van der Waals surface area (Å²) in [5.41, 5.74) is 4.20. The Labute approximate surface area is 148 Å². The van der Waals surface area contributed by atoms with Crippen LogP contribution in [0.25, 0.3) is 5.65 Å². The summed E-state index contributed by atoms with van der Waals surface area (Å²) in [4.78, 5) is 6.96. The van der Waals surface area contributed by atoms with Crippen molar-refractivity contribution in [3.05, 3.63) is 71.7 Å². The van der Waals surface area contributed by atoms with Gasteiger partial charge in [0, 0.05) is 12.7 Å². The summed E-state index contributed by atoms with van der Waals surface area (Å²) in [6.45, 7) is 3.15. The molecule has 0 spiro atoms. The molecule has 0 aliphatic carbocycles. The Kier molecular flexibility index (Phi) is 4.49. The van der Waals surface area contributed by atoms with Gasteiger partial charge in [0.1, 0.15) is 11.7 Å². The van der Waals surface area contributed by atoms with Crippen LogP contribution in [0.2, 0.25) is 0 Å². The van der Waals surface area contributed by atoms with Crippen molar-refractivity contribution in [1.82, 2.24) is 14.3 Å². The topological polar surface area (TPSA) is 44.3 Å². The molecule has 1 aliphatic rings. The summed E-state index contributed by atoms with van der Waals surface area (Å²) in [6, 6.07) is 16.7. The van der Waals surface area contributed by atoms with Gasteiger partial charge in [0.2, 0.25) is 0 Å². The smallest absolute Gasteiger partial charge is 0.137 e. The van der Waals surface area contributed by atoms with E-state index >= 15 is 0 Å². The Hall–Kier alpha value is -2.64. The minimum absolute atomic E-state index is 0.674. The average molecular weight is 330 g/mol. The van der Waals surface area contributed by atoms with Gasteiger partial charge in [-0.15, -0.1) is 0 Å². The second-order valence-electron chi connectivity index (χ2n) is 6.92. The first-order valence-electron chi connectivity index (χ1n) is 8.94. The molecule has 1 aromatic carbocycles. The number of hydrogen-bond donors (Lipinski definition) is 0. The molecule has 1 fully saturated rings. The lowest BCUT2D eigenvalue weighted by molar-refractivity contribution is 0.175. The summed E-state index contributed by atoms with van der Waals surface area (Å²) < 4.78 is 2.05. The van der Waals surface area contributed by atoms with Gasteiger partial charge < -0.3 is 4.40 Å². The Balaban J connectivity index is 1.38. The third kappa shape index (κ3) is 3.57. The minimum atomic E-state index is 0.674. The van der Waals surface area contributed by atoms with Crippen molar-refractivity contribution in [2.75, 3.05) is 13.1 Å². The number of imidazole rings is 1. The predicted octanol–water partition coefficient (Wildman–Crippen LogP) is 3.66. The normalized spacial score (nSPS) is 16.1. The van der Waals surface area contributed by atoms with Crippen molar-refractivity contribution < 1.29 is 0 Å². The molecule has 0 unspecified atom stereocenters. The molecule has 0 saturated carbocycles. The molecular weight excluding hydrogens is 308 g/mol. The van der Waals surface area contributed by atoms with Crippen LogP contribution in [0.1, 0.15) is 29.7 Å². The number of aromatic nitrogens is 2. The Morgan fingerprint density at radius 3 is 2.64 bits per heavy atom. The van der Waals surface area contributed by atoms with Crippen molar-refractivity contribution in [3.8, 4) is 6.07 Å². The molecule has 0 atom stereocenters. The second-order valence-corrected chi connectivity index (χ2v) is 6.92. The van der Waals surface area contributed by atoms with Crippen LogP contribution in [0.5, 0.6) is 0 Å². The van der Waals surface area contributed by atoms with Gasteiger partial charge in [-0.05, 0) is 56.0 Å². The van der Waals surface area contributed by atoms with Crippen LogP contribution in [0.15, 0.2) is 54.9 Å². The lowest BCUT2D eigenvalue weighted by Gasteiger charge is -2.31. The Morgan fingerprint density at radius 2 is 1.88 bits per heavy atom. The lowest BCUT2D eigenvalue weighted by Crippen LogP contribution is -2.34. The fraction of sp³-hybridized carbons (Fsp3) is 0.333. The number of pyridine rings is 1. The molecule has 25 heavy (non-hydrogen) atoms. The Bertz CT molecular complexity index is 883. The standard InChI is InChI=1S/C21H22N4/c22-13-19-6-7-21-23-14-20(25(21)15-19)16-24-10-8-18(9-11-24)12-17-4-2-1-3-5-17/h1-7,14-15,18H,8-12,16H2. The second kappa shape index (κ2) is 7.08. The van der Waals surface area contributed by atoms with Crippen LogP contribution < -0.4 is 0 Å². The summed E-state index contributed by atoms with van der Waals surface area (Å²) in [6.07, 6.45) is 7.51. The number of benzene rings is 1. The van der Waals surface area contributed by atoms with Gasteiger partial charge in [0.05, 0.1) is 17.5 Å². The van der Waals surface area contributed by atoms with E-state index in [0.29, 0.717) is 5.56 Å². The molecule has 0 radical (unpaired) electrons. The third-order valence-corrected chi connectivity index (χ3v) is 5.17. The monoisotopic (exact) mass is 330 g/mol. The maximum atomic E-state index is 9.10. The van der Waals surface area contributed by atoms with Crippen molar-refractivity contribution in [1.29, 1.82) is 5.26 Å². The molecule has 3 aromatic rings. The van der Waals surface area contributed by atoms with Crippen LogP contribution in [0.4, 0.5) is 0 Å². The highest BCUT2D eigenvalue weighted by Crippen LogP contribution is 2.23. The van der Waals surface area contributed by atoms with Crippen LogP contribution in [0, 0.1) is 17.2 Å². The van der Waals surface area contributed by atoms with Gasteiger partial charge in [-0.25, -0.2) is 4.98 Å². The van der Waals surface area contributed by atoms with Crippen molar-refractivity contribution in [2.24, 2.45) is 5.92 Å². The largest absolute Gasteiger partial charge is 0.301 e. The zero-order valence-corrected chi connectivity index (χ0v) is 14.3. The zero-order chi connectivity index (χ0) is 17.1. The van der Waals surface area contributed by atoms with Crippen molar-refractivity contribution in [2.45, 2.75) is 25.8 Å². The summed E-state index contributed by atoms with van der Waals surface area (Å²) in [5, 5.41) is 9.10. The van der Waals surface area contributed by atoms with Gasteiger partial charge in [-0.3, -0.25) is 4.90 Å². The number of nitrogens with zero attached hydrogens (tertiary/aromatic N) is 4. The van der Waals surface area contributed by atoms with Gasteiger partial charge >= 0.3 is 0 Å². The predicted molar refractivity (Wildman–Crippen MR) is 98.1 cm³/mol. The highest BCUT2D eigenvalue weighted by atomic mass is 15.2. The third-order valence-electron chi connectivity index (χ3n) is 5.17. The Morgan fingerprint density at radius 1 is 1.08 bits per heavy atom. The van der Waals surface area contributed by atoms with E-state index in [1.807, 2.05) is 24.5 Å². The number of hydrogen-bond acceptors (Lipinski definition) is 3. The number of rotatable bonds is 4. The molecule has 126 valence electrons. The number of nitriles is 1. The van der Waals surface area contributed by atoms with Crippen LogP contribution in [0.3, 0.4) is 0 Å². The molecule has 4 heteroatoms. The van der Waals surface area contributed by atoms with E-state index < -0.39 is 0 Å². The SMILES string of the molecule is N#Cc1ccc2ncc(CN3CCC(Cc4ccccc4)CC3)n2c1.